The van der Waals surface area contributed by atoms with Gasteiger partial charge in [-0.25, -0.2) is 8.78 Å². The number of aromatic nitrogens is 1. The molecule has 0 unspecified atom stereocenters. The highest BCUT2D eigenvalue weighted by Gasteiger charge is 2.36. The summed E-state index contributed by atoms with van der Waals surface area (Å²) in [6.45, 7) is 0. The van der Waals surface area contributed by atoms with Gasteiger partial charge in [0.15, 0.2) is 0 Å². The molecule has 3 rings (SSSR count). The molecule has 0 spiro atoms. The Kier molecular flexibility index (Phi) is 4.04. The Balaban J connectivity index is 1.91. The number of rotatable bonds is 2. The molecule has 1 aliphatic carbocycles. The fraction of sp³-hybridized carbons (Fsp3) is 0.353. The summed E-state index contributed by atoms with van der Waals surface area (Å²) in [6, 6.07) is 9.24. The van der Waals surface area contributed by atoms with E-state index in [1.165, 1.54) is 0 Å². The number of anilines is 1. The number of alkyl halides is 2. The van der Waals surface area contributed by atoms with E-state index in [0.717, 1.165) is 16.8 Å². The van der Waals surface area contributed by atoms with Crippen LogP contribution in [0.25, 0.3) is 11.1 Å². The maximum atomic E-state index is 13.3. The van der Waals surface area contributed by atoms with Gasteiger partial charge in [0.2, 0.25) is 5.92 Å². The smallest absolute Gasteiger partial charge is 0.248 e. The molecule has 0 radical (unpaired) electrons. The zero-order chi connectivity index (χ0) is 15.7. The Hall–Kier alpha value is -1.68. The number of hydrogen-bond acceptors (Lipinski definition) is 2. The maximum Gasteiger partial charge on any atom is 0.248 e. The van der Waals surface area contributed by atoms with Gasteiger partial charge in [0, 0.05) is 35.5 Å². The standard InChI is InChI=1S/C17H17ClF2N2/c18-13-3-1-11(2-4-13)14-7-10-22-16(15(14)21)12-5-8-17(19,20)9-6-12/h1-4,7,10,12H,5-6,8-9,21H2. The number of pyridine rings is 1. The molecule has 2 nitrogen and oxygen atoms in total. The van der Waals surface area contributed by atoms with Crippen LogP contribution in [-0.2, 0) is 0 Å². The molecule has 0 saturated heterocycles. The minimum Gasteiger partial charge on any atom is -0.397 e. The van der Waals surface area contributed by atoms with E-state index in [9.17, 15) is 8.78 Å². The van der Waals surface area contributed by atoms with E-state index in [4.69, 9.17) is 17.3 Å². The monoisotopic (exact) mass is 322 g/mol. The van der Waals surface area contributed by atoms with Crippen molar-refractivity contribution in [3.63, 3.8) is 0 Å². The highest BCUT2D eigenvalue weighted by molar-refractivity contribution is 6.30. The molecule has 5 heteroatoms. The van der Waals surface area contributed by atoms with E-state index in [0.29, 0.717) is 23.6 Å². The molecule has 2 aromatic rings. The van der Waals surface area contributed by atoms with Crippen molar-refractivity contribution in [2.24, 2.45) is 0 Å². The lowest BCUT2D eigenvalue weighted by Crippen LogP contribution is -2.24. The third-order valence-electron chi connectivity index (χ3n) is 4.28. The van der Waals surface area contributed by atoms with E-state index < -0.39 is 5.92 Å². The summed E-state index contributed by atoms with van der Waals surface area (Å²) in [6.07, 6.45) is 2.36. The van der Waals surface area contributed by atoms with Gasteiger partial charge in [0.05, 0.1) is 11.4 Å². The van der Waals surface area contributed by atoms with Crippen molar-refractivity contribution in [1.82, 2.24) is 4.98 Å². The van der Waals surface area contributed by atoms with E-state index in [1.54, 1.807) is 18.3 Å². The third-order valence-corrected chi connectivity index (χ3v) is 4.53. The summed E-state index contributed by atoms with van der Waals surface area (Å²) >= 11 is 5.90. The van der Waals surface area contributed by atoms with Gasteiger partial charge in [0.1, 0.15) is 0 Å². The fourth-order valence-electron chi connectivity index (χ4n) is 3.01. The van der Waals surface area contributed by atoms with E-state index in [2.05, 4.69) is 4.98 Å². The summed E-state index contributed by atoms with van der Waals surface area (Å²) < 4.78 is 26.6. The Morgan fingerprint density at radius 3 is 2.36 bits per heavy atom. The van der Waals surface area contributed by atoms with Gasteiger partial charge < -0.3 is 5.73 Å². The highest BCUT2D eigenvalue weighted by Crippen LogP contribution is 2.43. The van der Waals surface area contributed by atoms with Crippen LogP contribution in [-0.4, -0.2) is 10.9 Å². The quantitative estimate of drug-likeness (QED) is 0.817. The summed E-state index contributed by atoms with van der Waals surface area (Å²) in [5.41, 5.74) is 9.42. The number of hydrogen-bond donors (Lipinski definition) is 1. The van der Waals surface area contributed by atoms with Crippen molar-refractivity contribution in [3.05, 3.63) is 47.2 Å². The molecule has 1 aromatic heterocycles. The SMILES string of the molecule is Nc1c(-c2ccc(Cl)cc2)ccnc1C1CCC(F)(F)CC1. The number of benzene rings is 1. The molecule has 116 valence electrons. The molecule has 0 amide bonds. The van der Waals surface area contributed by atoms with Gasteiger partial charge in [-0.1, -0.05) is 23.7 Å². The van der Waals surface area contributed by atoms with Crippen LogP contribution in [0.5, 0.6) is 0 Å². The Bertz CT molecular complexity index is 661. The van der Waals surface area contributed by atoms with Crippen molar-refractivity contribution >= 4 is 17.3 Å². The van der Waals surface area contributed by atoms with Crippen molar-refractivity contribution in [3.8, 4) is 11.1 Å². The lowest BCUT2D eigenvalue weighted by atomic mass is 9.83. The van der Waals surface area contributed by atoms with Crippen LogP contribution in [0.3, 0.4) is 0 Å². The van der Waals surface area contributed by atoms with Crippen LogP contribution in [0.1, 0.15) is 37.3 Å². The lowest BCUT2D eigenvalue weighted by Gasteiger charge is -2.28. The van der Waals surface area contributed by atoms with Crippen molar-refractivity contribution < 1.29 is 8.78 Å². The second-order valence-electron chi connectivity index (χ2n) is 5.79. The van der Waals surface area contributed by atoms with Gasteiger partial charge in [0.25, 0.3) is 0 Å². The molecular weight excluding hydrogens is 306 g/mol. The van der Waals surface area contributed by atoms with Gasteiger partial charge in [-0.05, 0) is 36.6 Å². The fourth-order valence-corrected chi connectivity index (χ4v) is 3.14. The largest absolute Gasteiger partial charge is 0.397 e. The lowest BCUT2D eigenvalue weighted by molar-refractivity contribution is -0.0384. The van der Waals surface area contributed by atoms with Crippen LogP contribution in [0, 0.1) is 0 Å². The van der Waals surface area contributed by atoms with Crippen molar-refractivity contribution in [2.75, 3.05) is 5.73 Å². The molecule has 22 heavy (non-hydrogen) atoms. The Morgan fingerprint density at radius 2 is 1.73 bits per heavy atom. The van der Waals surface area contributed by atoms with Crippen molar-refractivity contribution in [2.45, 2.75) is 37.5 Å². The first-order chi connectivity index (χ1) is 10.5. The number of nitrogens with two attached hydrogens (primary N) is 1. The number of halogens is 3. The zero-order valence-corrected chi connectivity index (χ0v) is 12.8. The topological polar surface area (TPSA) is 38.9 Å². The molecule has 2 N–H and O–H groups in total. The summed E-state index contributed by atoms with van der Waals surface area (Å²) in [7, 11) is 0. The minimum absolute atomic E-state index is 0.00637. The molecule has 1 aliphatic rings. The molecule has 1 fully saturated rings. The normalized spacial score (nSPS) is 18.3. The molecule has 0 bridgehead atoms. The third kappa shape index (κ3) is 3.07. The molecule has 1 aromatic carbocycles. The number of nitrogen functional groups attached to an aromatic ring is 1. The Labute approximate surface area is 133 Å². The average molecular weight is 323 g/mol. The zero-order valence-electron chi connectivity index (χ0n) is 12.0. The molecular formula is C17H17ClF2N2. The average Bonchev–Trinajstić information content (AvgIpc) is 2.49. The van der Waals surface area contributed by atoms with Crippen LogP contribution in [0.4, 0.5) is 14.5 Å². The summed E-state index contributed by atoms with van der Waals surface area (Å²) in [4.78, 5) is 4.36. The molecule has 0 atom stereocenters. The molecule has 1 heterocycles. The second kappa shape index (κ2) is 5.84. The maximum absolute atomic E-state index is 13.3. The predicted molar refractivity (Wildman–Crippen MR) is 85.3 cm³/mol. The predicted octanol–water partition coefficient (Wildman–Crippen LogP) is 5.28. The van der Waals surface area contributed by atoms with Crippen LogP contribution >= 0.6 is 11.6 Å². The van der Waals surface area contributed by atoms with Crippen molar-refractivity contribution in [1.29, 1.82) is 0 Å². The van der Waals surface area contributed by atoms with E-state index in [-0.39, 0.29) is 18.8 Å². The Morgan fingerprint density at radius 1 is 1.09 bits per heavy atom. The van der Waals surface area contributed by atoms with Crippen LogP contribution < -0.4 is 5.73 Å². The highest BCUT2D eigenvalue weighted by atomic mass is 35.5. The molecule has 0 aliphatic heterocycles. The van der Waals surface area contributed by atoms with E-state index >= 15 is 0 Å². The molecule has 1 saturated carbocycles. The van der Waals surface area contributed by atoms with E-state index in [1.807, 2.05) is 18.2 Å². The van der Waals surface area contributed by atoms with Gasteiger partial charge in [-0.2, -0.15) is 0 Å². The summed E-state index contributed by atoms with van der Waals surface area (Å²) in [5.74, 6) is -2.54. The van der Waals surface area contributed by atoms with Gasteiger partial charge >= 0.3 is 0 Å². The van der Waals surface area contributed by atoms with Gasteiger partial charge in [-0.3, -0.25) is 4.98 Å². The van der Waals surface area contributed by atoms with Gasteiger partial charge in [-0.15, -0.1) is 0 Å². The van der Waals surface area contributed by atoms with Crippen LogP contribution in [0.2, 0.25) is 5.02 Å². The first kappa shape index (κ1) is 15.2. The van der Waals surface area contributed by atoms with Crippen LogP contribution in [0.15, 0.2) is 36.5 Å². The minimum atomic E-state index is -2.54. The first-order valence-electron chi connectivity index (χ1n) is 7.34. The number of nitrogens with zero attached hydrogens (tertiary/aromatic N) is 1. The second-order valence-corrected chi connectivity index (χ2v) is 6.23. The first-order valence-corrected chi connectivity index (χ1v) is 7.72. The summed E-state index contributed by atoms with van der Waals surface area (Å²) in [5, 5.41) is 0.658.